The van der Waals surface area contributed by atoms with Crippen LogP contribution in [0.15, 0.2) is 58.7 Å². The third kappa shape index (κ3) is 3.68. The normalized spacial score (nSPS) is 12.9. The highest BCUT2D eigenvalue weighted by Gasteiger charge is 2.22. The topological polar surface area (TPSA) is 98.6 Å². The van der Waals surface area contributed by atoms with Crippen molar-refractivity contribution in [3.05, 3.63) is 75.4 Å². The molecule has 0 radical (unpaired) electrons. The first kappa shape index (κ1) is 21.1. The molecule has 1 aromatic carbocycles. The second kappa shape index (κ2) is 8.69. The Morgan fingerprint density at radius 1 is 1.12 bits per heavy atom. The Bertz CT molecular complexity index is 1540. The van der Waals surface area contributed by atoms with Gasteiger partial charge in [0.05, 0.1) is 18.2 Å². The maximum atomic E-state index is 12.8. The second-order valence-electron chi connectivity index (χ2n) is 7.91. The van der Waals surface area contributed by atoms with Crippen LogP contribution in [0.4, 0.5) is 0 Å². The lowest BCUT2D eigenvalue weighted by Gasteiger charge is -2.11. The smallest absolute Gasteiger partial charge is 0.259 e. The standard InChI is InChI=1S/C24H20N6O2S2/c1-32-16-7-5-15(6-8-16)30-21(14-9-11-25-12-10-14)28-29-24(30)33-13-19-26-22(31)20-17-3-2-4-18(17)34-23(20)27-19/h5-12H,2-4,13H2,1H3,(H,26,27,31). The molecule has 0 unspecified atom stereocenters. The summed E-state index contributed by atoms with van der Waals surface area (Å²) in [6.45, 7) is 0. The van der Waals surface area contributed by atoms with Crippen LogP contribution in [0.1, 0.15) is 22.7 Å². The molecule has 0 saturated carbocycles. The average molecular weight is 489 g/mol. The fraction of sp³-hybridized carbons (Fsp3) is 0.208. The molecule has 0 fully saturated rings. The minimum Gasteiger partial charge on any atom is -0.497 e. The largest absolute Gasteiger partial charge is 0.497 e. The molecule has 1 aliphatic rings. The summed E-state index contributed by atoms with van der Waals surface area (Å²) in [5, 5.41) is 10.4. The van der Waals surface area contributed by atoms with E-state index >= 15 is 0 Å². The van der Waals surface area contributed by atoms with Gasteiger partial charge in [0.25, 0.3) is 5.56 Å². The second-order valence-corrected chi connectivity index (χ2v) is 9.94. The molecule has 4 aromatic heterocycles. The molecule has 1 N–H and O–H groups in total. The van der Waals surface area contributed by atoms with E-state index in [-0.39, 0.29) is 5.56 Å². The van der Waals surface area contributed by atoms with Gasteiger partial charge in [-0.1, -0.05) is 11.8 Å². The lowest BCUT2D eigenvalue weighted by molar-refractivity contribution is 0.414. The summed E-state index contributed by atoms with van der Waals surface area (Å²) in [5.41, 5.74) is 2.96. The van der Waals surface area contributed by atoms with E-state index in [2.05, 4.69) is 20.2 Å². The molecule has 0 aliphatic heterocycles. The number of methoxy groups -OCH3 is 1. The molecule has 0 spiro atoms. The number of pyridine rings is 1. The summed E-state index contributed by atoms with van der Waals surface area (Å²) in [4.78, 5) is 26.8. The number of nitrogens with one attached hydrogen (secondary N) is 1. The molecule has 1 aliphatic carbocycles. The first-order valence-corrected chi connectivity index (χ1v) is 12.7. The molecule has 6 rings (SSSR count). The molecule has 8 nitrogen and oxygen atoms in total. The van der Waals surface area contributed by atoms with Crippen LogP contribution in [0.25, 0.3) is 27.3 Å². The summed E-state index contributed by atoms with van der Waals surface area (Å²) in [5.74, 6) is 2.59. The number of hydrogen-bond donors (Lipinski definition) is 1. The molecular formula is C24H20N6O2S2. The van der Waals surface area contributed by atoms with Gasteiger partial charge in [0, 0.05) is 28.5 Å². The van der Waals surface area contributed by atoms with Gasteiger partial charge in [-0.15, -0.1) is 21.5 Å². The zero-order valence-corrected chi connectivity index (χ0v) is 19.9. The van der Waals surface area contributed by atoms with Crippen molar-refractivity contribution >= 4 is 33.3 Å². The Morgan fingerprint density at radius 2 is 1.94 bits per heavy atom. The predicted octanol–water partition coefficient (Wildman–Crippen LogP) is 4.42. The summed E-state index contributed by atoms with van der Waals surface area (Å²) in [6, 6.07) is 11.6. The fourth-order valence-corrected chi connectivity index (χ4v) is 6.37. The molecule has 0 saturated heterocycles. The molecule has 4 heterocycles. The average Bonchev–Trinajstić information content (AvgIpc) is 3.58. The van der Waals surface area contributed by atoms with E-state index in [0.29, 0.717) is 22.6 Å². The SMILES string of the molecule is COc1ccc(-n2c(SCc3nc4sc5c(c4c(=O)[nH]3)CCC5)nnc2-c2ccncc2)cc1. The molecule has 170 valence electrons. The van der Waals surface area contributed by atoms with Crippen LogP contribution in [0.3, 0.4) is 0 Å². The molecule has 5 aromatic rings. The number of aromatic amines is 1. The Balaban J connectivity index is 1.36. The van der Waals surface area contributed by atoms with Crippen molar-refractivity contribution in [2.45, 2.75) is 30.2 Å². The van der Waals surface area contributed by atoms with Crippen LogP contribution in [-0.4, -0.2) is 36.8 Å². The number of fused-ring (bicyclic) bond motifs is 3. The lowest BCUT2D eigenvalue weighted by atomic mass is 10.2. The van der Waals surface area contributed by atoms with Crippen molar-refractivity contribution in [3.63, 3.8) is 0 Å². The molecule has 0 bridgehead atoms. The van der Waals surface area contributed by atoms with Crippen LogP contribution >= 0.6 is 23.1 Å². The summed E-state index contributed by atoms with van der Waals surface area (Å²) in [6.07, 6.45) is 6.60. The minimum absolute atomic E-state index is 0.0471. The van der Waals surface area contributed by atoms with E-state index < -0.39 is 0 Å². The van der Waals surface area contributed by atoms with E-state index in [1.165, 1.54) is 22.2 Å². The van der Waals surface area contributed by atoms with E-state index in [9.17, 15) is 4.79 Å². The van der Waals surface area contributed by atoms with Gasteiger partial charge >= 0.3 is 0 Å². The highest BCUT2D eigenvalue weighted by molar-refractivity contribution is 7.98. The van der Waals surface area contributed by atoms with Crippen molar-refractivity contribution < 1.29 is 4.74 Å². The van der Waals surface area contributed by atoms with Gasteiger partial charge in [-0.05, 0) is 61.2 Å². The number of nitrogens with zero attached hydrogens (tertiary/aromatic N) is 5. The highest BCUT2D eigenvalue weighted by atomic mass is 32.2. The minimum atomic E-state index is -0.0471. The van der Waals surface area contributed by atoms with Crippen LogP contribution in [0.2, 0.25) is 0 Å². The summed E-state index contributed by atoms with van der Waals surface area (Å²) < 4.78 is 7.31. The van der Waals surface area contributed by atoms with Gasteiger partial charge in [-0.2, -0.15) is 0 Å². The maximum absolute atomic E-state index is 12.8. The number of rotatable bonds is 6. The number of aromatic nitrogens is 6. The quantitative estimate of drug-likeness (QED) is 0.353. The predicted molar refractivity (Wildman–Crippen MR) is 133 cm³/mol. The van der Waals surface area contributed by atoms with Crippen LogP contribution in [0, 0.1) is 0 Å². The maximum Gasteiger partial charge on any atom is 0.259 e. The number of thioether (sulfide) groups is 1. The Labute approximate surface area is 203 Å². The Kier molecular flexibility index (Phi) is 5.39. The Hall–Kier alpha value is -3.50. The van der Waals surface area contributed by atoms with Crippen molar-refractivity contribution in [1.29, 1.82) is 0 Å². The highest BCUT2D eigenvalue weighted by Crippen LogP contribution is 2.35. The van der Waals surface area contributed by atoms with E-state index in [1.54, 1.807) is 30.8 Å². The van der Waals surface area contributed by atoms with E-state index in [4.69, 9.17) is 9.72 Å². The zero-order chi connectivity index (χ0) is 23.1. The van der Waals surface area contributed by atoms with Crippen molar-refractivity contribution in [2.24, 2.45) is 0 Å². The lowest BCUT2D eigenvalue weighted by Crippen LogP contribution is -2.11. The van der Waals surface area contributed by atoms with Gasteiger partial charge in [0.15, 0.2) is 11.0 Å². The number of thiophene rings is 1. The van der Waals surface area contributed by atoms with Crippen molar-refractivity contribution in [3.8, 4) is 22.8 Å². The van der Waals surface area contributed by atoms with Crippen LogP contribution < -0.4 is 10.3 Å². The number of aryl methyl sites for hydroxylation is 2. The molecule has 34 heavy (non-hydrogen) atoms. The first-order valence-electron chi connectivity index (χ1n) is 10.9. The van der Waals surface area contributed by atoms with Crippen molar-refractivity contribution in [1.82, 2.24) is 29.7 Å². The van der Waals surface area contributed by atoms with Gasteiger partial charge in [0.1, 0.15) is 16.4 Å². The molecule has 0 atom stereocenters. The van der Waals surface area contributed by atoms with Gasteiger partial charge in [-0.25, -0.2) is 4.98 Å². The monoisotopic (exact) mass is 488 g/mol. The number of H-pyrrole nitrogens is 1. The third-order valence-electron chi connectivity index (χ3n) is 5.86. The number of hydrogen-bond acceptors (Lipinski definition) is 8. The Morgan fingerprint density at radius 3 is 2.74 bits per heavy atom. The summed E-state index contributed by atoms with van der Waals surface area (Å²) >= 11 is 3.13. The molecule has 10 heteroatoms. The van der Waals surface area contributed by atoms with Crippen LogP contribution in [-0.2, 0) is 18.6 Å². The fourth-order valence-electron chi connectivity index (χ4n) is 4.26. The van der Waals surface area contributed by atoms with E-state index in [1.807, 2.05) is 41.0 Å². The molecule has 0 amide bonds. The van der Waals surface area contributed by atoms with Gasteiger partial charge < -0.3 is 9.72 Å². The summed E-state index contributed by atoms with van der Waals surface area (Å²) in [7, 11) is 1.64. The van der Waals surface area contributed by atoms with Gasteiger partial charge in [-0.3, -0.25) is 14.3 Å². The molecular weight excluding hydrogens is 468 g/mol. The zero-order valence-electron chi connectivity index (χ0n) is 18.3. The third-order valence-corrected chi connectivity index (χ3v) is 7.99. The van der Waals surface area contributed by atoms with Gasteiger partial charge in [0.2, 0.25) is 0 Å². The van der Waals surface area contributed by atoms with E-state index in [0.717, 1.165) is 46.5 Å². The van der Waals surface area contributed by atoms with Crippen molar-refractivity contribution in [2.75, 3.05) is 7.11 Å². The number of benzene rings is 1. The van der Waals surface area contributed by atoms with Crippen LogP contribution in [0.5, 0.6) is 5.75 Å². The first-order chi connectivity index (χ1) is 16.7. The number of ether oxygens (including phenoxy) is 1.